The lowest BCUT2D eigenvalue weighted by atomic mass is 10.1. The molecule has 0 saturated heterocycles. The van der Waals surface area contributed by atoms with Crippen LogP contribution in [0.15, 0.2) is 36.9 Å². The van der Waals surface area contributed by atoms with Gasteiger partial charge < -0.3 is 14.6 Å². The number of ether oxygens (including phenoxy) is 2. The van der Waals surface area contributed by atoms with Crippen molar-refractivity contribution in [2.75, 3.05) is 19.8 Å². The van der Waals surface area contributed by atoms with Crippen molar-refractivity contribution >= 4 is 14.0 Å². The minimum atomic E-state index is -1.47. The van der Waals surface area contributed by atoms with Crippen LogP contribution in [-0.2, 0) is 9.53 Å². The van der Waals surface area contributed by atoms with Crippen LogP contribution in [-0.4, -0.2) is 39.0 Å². The summed E-state index contributed by atoms with van der Waals surface area (Å²) < 4.78 is 10.2. The molecule has 1 N–H and O–H groups in total. The largest absolute Gasteiger partial charge is 0.482 e. The van der Waals surface area contributed by atoms with Crippen LogP contribution in [0.2, 0.25) is 19.6 Å². The molecule has 0 amide bonds. The van der Waals surface area contributed by atoms with Gasteiger partial charge in [0.05, 0.1) is 8.07 Å². The molecular formula is C16H24O4Si. The van der Waals surface area contributed by atoms with Gasteiger partial charge in [-0.1, -0.05) is 44.4 Å². The second kappa shape index (κ2) is 8.00. The summed E-state index contributed by atoms with van der Waals surface area (Å²) >= 11 is 0. The van der Waals surface area contributed by atoms with Crippen LogP contribution in [0.4, 0.5) is 0 Å². The van der Waals surface area contributed by atoms with Gasteiger partial charge >= 0.3 is 5.97 Å². The van der Waals surface area contributed by atoms with Gasteiger partial charge in [-0.15, -0.1) is 0 Å². The number of benzene rings is 1. The summed E-state index contributed by atoms with van der Waals surface area (Å²) in [4.78, 5) is 11.3. The Bertz CT molecular complexity index is 462. The topological polar surface area (TPSA) is 55.8 Å². The quantitative estimate of drug-likeness (QED) is 0.456. The molecule has 0 heterocycles. The van der Waals surface area contributed by atoms with Crippen molar-refractivity contribution in [3.05, 3.63) is 42.5 Å². The van der Waals surface area contributed by atoms with Crippen molar-refractivity contribution in [2.24, 2.45) is 0 Å². The van der Waals surface area contributed by atoms with Crippen molar-refractivity contribution in [3.63, 3.8) is 0 Å². The molecule has 0 aliphatic rings. The number of aliphatic hydroxyl groups excluding tert-OH is 1. The summed E-state index contributed by atoms with van der Waals surface area (Å²) in [5.74, 6) is 0.191. The van der Waals surface area contributed by atoms with Crippen LogP contribution in [0, 0.1) is 0 Å². The molecule has 5 heteroatoms. The lowest BCUT2D eigenvalue weighted by molar-refractivity contribution is -0.144. The molecule has 0 bridgehead atoms. The van der Waals surface area contributed by atoms with Crippen LogP contribution in [0.25, 0.3) is 0 Å². The van der Waals surface area contributed by atoms with Crippen LogP contribution in [0.1, 0.15) is 11.1 Å². The van der Waals surface area contributed by atoms with Gasteiger partial charge in [0.2, 0.25) is 0 Å². The van der Waals surface area contributed by atoms with E-state index in [0.29, 0.717) is 5.75 Å². The molecule has 0 saturated carbocycles. The van der Waals surface area contributed by atoms with Gasteiger partial charge in [-0.05, 0) is 17.7 Å². The summed E-state index contributed by atoms with van der Waals surface area (Å²) in [6.07, 6.45) is 1.51. The number of hydrogen-bond donors (Lipinski definition) is 1. The lowest BCUT2D eigenvalue weighted by Gasteiger charge is -2.27. The zero-order valence-corrected chi connectivity index (χ0v) is 14.0. The lowest BCUT2D eigenvalue weighted by Crippen LogP contribution is -2.33. The molecule has 0 aromatic heterocycles. The second-order valence-electron chi connectivity index (χ2n) is 5.93. The molecule has 116 valence electrons. The fraction of sp³-hybridized carbons (Fsp3) is 0.438. The molecule has 0 aliphatic heterocycles. The Morgan fingerprint density at radius 2 is 1.95 bits per heavy atom. The molecule has 0 aliphatic carbocycles. The first-order valence-electron chi connectivity index (χ1n) is 6.98. The van der Waals surface area contributed by atoms with Crippen molar-refractivity contribution in [1.82, 2.24) is 0 Å². The van der Waals surface area contributed by atoms with E-state index in [1.54, 1.807) is 0 Å². The predicted molar refractivity (Wildman–Crippen MR) is 86.3 cm³/mol. The molecule has 1 unspecified atom stereocenters. The molecule has 0 spiro atoms. The summed E-state index contributed by atoms with van der Waals surface area (Å²) in [7, 11) is -1.47. The Morgan fingerprint density at radius 3 is 2.43 bits per heavy atom. The van der Waals surface area contributed by atoms with Crippen molar-refractivity contribution in [3.8, 4) is 5.75 Å². The maximum atomic E-state index is 11.3. The standard InChI is InChI=1S/C16H24O4Si/c1-5-10-19-16(18)12-20-14-8-6-13(7-9-14)15(11-17)21(2,3)4/h5-9,15,17H,1,10-12H2,2-4H3. The molecule has 0 fully saturated rings. The molecule has 1 aromatic rings. The molecule has 4 nitrogen and oxygen atoms in total. The maximum absolute atomic E-state index is 11.3. The molecule has 21 heavy (non-hydrogen) atoms. The third-order valence-electron chi connectivity index (χ3n) is 3.23. The fourth-order valence-electron chi connectivity index (χ4n) is 2.01. The van der Waals surface area contributed by atoms with E-state index >= 15 is 0 Å². The summed E-state index contributed by atoms with van der Waals surface area (Å²) in [6.45, 7) is 10.4. The second-order valence-corrected chi connectivity index (χ2v) is 11.4. The first-order chi connectivity index (χ1) is 9.88. The van der Waals surface area contributed by atoms with Gasteiger partial charge in [0.15, 0.2) is 6.61 Å². The zero-order valence-electron chi connectivity index (χ0n) is 13.0. The van der Waals surface area contributed by atoms with Gasteiger partial charge in [-0.3, -0.25) is 0 Å². The highest BCUT2D eigenvalue weighted by atomic mass is 28.3. The minimum absolute atomic E-state index is 0.120. The first-order valence-corrected chi connectivity index (χ1v) is 10.6. The Balaban J connectivity index is 2.61. The summed E-state index contributed by atoms with van der Waals surface area (Å²) in [5, 5.41) is 9.58. The van der Waals surface area contributed by atoms with E-state index in [4.69, 9.17) is 9.47 Å². The highest BCUT2D eigenvalue weighted by Crippen LogP contribution is 2.27. The number of carbonyl (C=O) groups is 1. The van der Waals surface area contributed by atoms with Crippen molar-refractivity contribution < 1.29 is 19.4 Å². The average molecular weight is 308 g/mol. The van der Waals surface area contributed by atoms with Gasteiger partial charge in [-0.25, -0.2) is 4.79 Å². The maximum Gasteiger partial charge on any atom is 0.344 e. The van der Waals surface area contributed by atoms with Gasteiger partial charge in [0.25, 0.3) is 0 Å². The smallest absolute Gasteiger partial charge is 0.344 e. The Labute approximate surface area is 127 Å². The highest BCUT2D eigenvalue weighted by Gasteiger charge is 2.27. The Hall–Kier alpha value is -1.59. The average Bonchev–Trinajstić information content (AvgIpc) is 2.43. The monoisotopic (exact) mass is 308 g/mol. The van der Waals surface area contributed by atoms with E-state index in [1.807, 2.05) is 24.3 Å². The van der Waals surface area contributed by atoms with Gasteiger partial charge in [0.1, 0.15) is 12.4 Å². The number of aliphatic hydroxyl groups is 1. The SMILES string of the molecule is C=CCOC(=O)COc1ccc(C(CO)[Si](C)(C)C)cc1. The third-order valence-corrected chi connectivity index (χ3v) is 5.84. The van der Waals surface area contributed by atoms with Gasteiger partial charge in [-0.2, -0.15) is 0 Å². The van der Waals surface area contributed by atoms with E-state index in [9.17, 15) is 9.90 Å². The minimum Gasteiger partial charge on any atom is -0.482 e. The Morgan fingerprint density at radius 1 is 1.33 bits per heavy atom. The fourth-order valence-corrected chi connectivity index (χ4v) is 3.75. The van der Waals surface area contributed by atoms with Crippen LogP contribution in [0.3, 0.4) is 0 Å². The molecule has 0 radical (unpaired) electrons. The summed E-state index contributed by atoms with van der Waals surface area (Å²) in [6, 6.07) is 7.53. The zero-order chi connectivity index (χ0) is 15.9. The van der Waals surface area contributed by atoms with Crippen LogP contribution >= 0.6 is 0 Å². The van der Waals surface area contributed by atoms with E-state index in [0.717, 1.165) is 5.56 Å². The third kappa shape index (κ3) is 5.73. The normalized spacial score (nSPS) is 12.6. The van der Waals surface area contributed by atoms with Crippen LogP contribution < -0.4 is 4.74 Å². The molecule has 1 atom stereocenters. The number of rotatable bonds is 8. The highest BCUT2D eigenvalue weighted by molar-refractivity contribution is 6.77. The predicted octanol–water partition coefficient (Wildman–Crippen LogP) is 2.75. The van der Waals surface area contributed by atoms with E-state index < -0.39 is 14.0 Å². The molecule has 1 aromatic carbocycles. The number of hydrogen-bond acceptors (Lipinski definition) is 4. The number of esters is 1. The van der Waals surface area contributed by atoms with Gasteiger partial charge in [0, 0.05) is 12.1 Å². The van der Waals surface area contributed by atoms with Crippen LogP contribution in [0.5, 0.6) is 5.75 Å². The molecular weight excluding hydrogens is 284 g/mol. The van der Waals surface area contributed by atoms with E-state index in [2.05, 4.69) is 26.2 Å². The van der Waals surface area contributed by atoms with Crippen molar-refractivity contribution in [2.45, 2.75) is 25.2 Å². The van der Waals surface area contributed by atoms with E-state index in [1.165, 1.54) is 6.08 Å². The summed E-state index contributed by atoms with van der Waals surface area (Å²) in [5.41, 5.74) is 1.31. The van der Waals surface area contributed by atoms with E-state index in [-0.39, 0.29) is 25.4 Å². The molecule has 1 rings (SSSR count). The first kappa shape index (κ1) is 17.5. The number of carbonyl (C=O) groups excluding carboxylic acids is 1. The van der Waals surface area contributed by atoms with Crippen molar-refractivity contribution in [1.29, 1.82) is 0 Å². The Kier molecular flexibility index (Phi) is 6.65.